The zero-order chi connectivity index (χ0) is 23.6. The standard InChI is InChI=1S/C24H35N3O4/c1-8-10-11-15-25-22(29)21(19-14-12-13-17(3)18(19)4)27(9-2)20(28)16-26-23(30)31-24(5,6)7/h2,12-14,21H,8,10-11,15-16H2,1,3-7H3,(H,25,29)(H,26,30). The first-order valence-corrected chi connectivity index (χ1v) is 10.6. The lowest BCUT2D eigenvalue weighted by atomic mass is 9.95. The second kappa shape index (κ2) is 12.0. The molecule has 170 valence electrons. The number of rotatable bonds is 9. The van der Waals surface area contributed by atoms with Crippen molar-refractivity contribution in [2.24, 2.45) is 0 Å². The van der Waals surface area contributed by atoms with Crippen LogP contribution in [0.25, 0.3) is 0 Å². The van der Waals surface area contributed by atoms with Crippen molar-refractivity contribution in [2.75, 3.05) is 13.1 Å². The third kappa shape index (κ3) is 8.33. The van der Waals surface area contributed by atoms with E-state index in [0.29, 0.717) is 12.1 Å². The second-order valence-electron chi connectivity index (χ2n) is 8.44. The van der Waals surface area contributed by atoms with Crippen LogP contribution < -0.4 is 10.6 Å². The average Bonchev–Trinajstić information content (AvgIpc) is 2.68. The smallest absolute Gasteiger partial charge is 0.408 e. The monoisotopic (exact) mass is 429 g/mol. The molecule has 0 aliphatic carbocycles. The fraction of sp³-hybridized carbons (Fsp3) is 0.542. The number of benzene rings is 1. The molecule has 7 nitrogen and oxygen atoms in total. The van der Waals surface area contributed by atoms with E-state index in [4.69, 9.17) is 11.2 Å². The highest BCUT2D eigenvalue weighted by Gasteiger charge is 2.32. The van der Waals surface area contributed by atoms with Crippen LogP contribution in [-0.2, 0) is 14.3 Å². The van der Waals surface area contributed by atoms with Crippen LogP contribution in [0.3, 0.4) is 0 Å². The summed E-state index contributed by atoms with van der Waals surface area (Å²) in [4.78, 5) is 38.9. The summed E-state index contributed by atoms with van der Waals surface area (Å²) in [6.45, 7) is 11.2. The summed E-state index contributed by atoms with van der Waals surface area (Å²) in [5.41, 5.74) is 1.82. The number of nitrogens with one attached hydrogen (secondary N) is 2. The van der Waals surface area contributed by atoms with Crippen molar-refractivity contribution >= 4 is 17.9 Å². The highest BCUT2D eigenvalue weighted by atomic mass is 16.6. The Bertz CT molecular complexity index is 821. The van der Waals surface area contributed by atoms with Crippen molar-refractivity contribution in [3.63, 3.8) is 0 Å². The number of alkyl carbamates (subject to hydrolysis) is 1. The lowest BCUT2D eigenvalue weighted by Crippen LogP contribution is -2.46. The molecule has 0 fully saturated rings. The van der Waals surface area contributed by atoms with E-state index < -0.39 is 23.6 Å². The van der Waals surface area contributed by atoms with Crippen molar-refractivity contribution in [2.45, 2.75) is 72.4 Å². The van der Waals surface area contributed by atoms with Crippen LogP contribution in [0.5, 0.6) is 0 Å². The van der Waals surface area contributed by atoms with Gasteiger partial charge in [-0.05, 0) is 57.7 Å². The number of carbonyl (C=O) groups is 3. The van der Waals surface area contributed by atoms with Gasteiger partial charge in [-0.1, -0.05) is 44.4 Å². The van der Waals surface area contributed by atoms with E-state index in [1.54, 1.807) is 26.8 Å². The summed E-state index contributed by atoms with van der Waals surface area (Å²) in [7, 11) is 0. The summed E-state index contributed by atoms with van der Waals surface area (Å²) in [5.74, 6) is -0.934. The quantitative estimate of drug-likeness (QED) is 0.357. The van der Waals surface area contributed by atoms with Crippen LogP contribution in [0.1, 0.15) is 69.7 Å². The number of amides is 3. The molecule has 31 heavy (non-hydrogen) atoms. The maximum absolute atomic E-state index is 13.1. The Balaban J connectivity index is 3.09. The number of hydrogen-bond donors (Lipinski definition) is 2. The van der Waals surface area contributed by atoms with Gasteiger partial charge in [0.1, 0.15) is 18.2 Å². The minimum atomic E-state index is -1.00. The molecule has 1 aromatic rings. The van der Waals surface area contributed by atoms with Crippen molar-refractivity contribution in [3.05, 3.63) is 34.9 Å². The van der Waals surface area contributed by atoms with Gasteiger partial charge in [0, 0.05) is 12.6 Å². The lowest BCUT2D eigenvalue weighted by molar-refractivity contribution is -0.136. The molecule has 0 bridgehead atoms. The fourth-order valence-corrected chi connectivity index (χ4v) is 2.99. The number of hydrogen-bond acceptors (Lipinski definition) is 4. The molecule has 0 heterocycles. The van der Waals surface area contributed by atoms with E-state index in [2.05, 4.69) is 23.6 Å². The van der Waals surface area contributed by atoms with Gasteiger partial charge in [-0.3, -0.25) is 14.5 Å². The molecule has 0 spiro atoms. The van der Waals surface area contributed by atoms with Crippen LogP contribution in [0.4, 0.5) is 4.79 Å². The van der Waals surface area contributed by atoms with Crippen molar-refractivity contribution in [1.29, 1.82) is 0 Å². The van der Waals surface area contributed by atoms with Crippen LogP contribution >= 0.6 is 0 Å². The van der Waals surface area contributed by atoms with Crippen LogP contribution in [0.2, 0.25) is 0 Å². The maximum atomic E-state index is 13.1. The Morgan fingerprint density at radius 2 is 1.84 bits per heavy atom. The normalized spacial score (nSPS) is 11.8. The molecule has 0 saturated carbocycles. The zero-order valence-corrected chi connectivity index (χ0v) is 19.5. The molecule has 1 rings (SSSR count). The third-order valence-electron chi connectivity index (χ3n) is 4.72. The van der Waals surface area contributed by atoms with Gasteiger partial charge in [-0.15, -0.1) is 0 Å². The van der Waals surface area contributed by atoms with E-state index in [0.717, 1.165) is 35.3 Å². The van der Waals surface area contributed by atoms with Gasteiger partial charge in [0.25, 0.3) is 5.91 Å². The molecular formula is C24H35N3O4. The predicted octanol–water partition coefficient (Wildman–Crippen LogP) is 3.59. The Kier molecular flexibility index (Phi) is 10.1. The molecule has 1 atom stereocenters. The molecule has 0 aliphatic rings. The molecule has 1 aromatic carbocycles. The van der Waals surface area contributed by atoms with E-state index in [9.17, 15) is 14.4 Å². The van der Waals surface area contributed by atoms with Crippen LogP contribution in [0, 0.1) is 26.3 Å². The van der Waals surface area contributed by atoms with E-state index in [-0.39, 0.29) is 12.5 Å². The summed E-state index contributed by atoms with van der Waals surface area (Å²) >= 11 is 0. The molecule has 0 saturated heterocycles. The molecule has 1 unspecified atom stereocenters. The van der Waals surface area contributed by atoms with Gasteiger partial charge >= 0.3 is 6.09 Å². The van der Waals surface area contributed by atoms with Gasteiger partial charge in [0.15, 0.2) is 0 Å². The number of carbonyl (C=O) groups excluding carboxylic acids is 3. The van der Waals surface area contributed by atoms with Gasteiger partial charge < -0.3 is 15.4 Å². The number of nitrogens with zero attached hydrogens (tertiary/aromatic N) is 1. The number of aryl methyl sites for hydroxylation is 1. The molecule has 0 aromatic heterocycles. The molecular weight excluding hydrogens is 394 g/mol. The molecule has 7 heteroatoms. The first-order chi connectivity index (χ1) is 14.5. The number of terminal acetylenes is 1. The third-order valence-corrected chi connectivity index (χ3v) is 4.72. The van der Waals surface area contributed by atoms with E-state index in [1.807, 2.05) is 26.0 Å². The molecule has 0 radical (unpaired) electrons. The summed E-state index contributed by atoms with van der Waals surface area (Å²) in [6, 6.07) is 6.88. The molecule has 0 aliphatic heterocycles. The Morgan fingerprint density at radius 3 is 2.42 bits per heavy atom. The Hall–Kier alpha value is -3.01. The summed E-state index contributed by atoms with van der Waals surface area (Å²) < 4.78 is 5.15. The second-order valence-corrected chi connectivity index (χ2v) is 8.44. The van der Waals surface area contributed by atoms with E-state index in [1.165, 1.54) is 0 Å². The van der Waals surface area contributed by atoms with Gasteiger partial charge in [0.2, 0.25) is 5.91 Å². The number of ether oxygens (including phenoxy) is 1. The Labute approximate surface area is 185 Å². The van der Waals surface area contributed by atoms with Gasteiger partial charge in [-0.25, -0.2) is 4.79 Å². The Morgan fingerprint density at radius 1 is 1.16 bits per heavy atom. The highest BCUT2D eigenvalue weighted by molar-refractivity contribution is 5.91. The van der Waals surface area contributed by atoms with Crippen molar-refractivity contribution in [3.8, 4) is 12.5 Å². The zero-order valence-electron chi connectivity index (χ0n) is 19.5. The van der Waals surface area contributed by atoms with Crippen molar-refractivity contribution < 1.29 is 19.1 Å². The van der Waals surface area contributed by atoms with Gasteiger partial charge in [0.05, 0.1) is 0 Å². The first-order valence-electron chi connectivity index (χ1n) is 10.6. The minimum Gasteiger partial charge on any atom is -0.444 e. The van der Waals surface area contributed by atoms with Gasteiger partial charge in [-0.2, -0.15) is 0 Å². The predicted molar refractivity (Wildman–Crippen MR) is 121 cm³/mol. The number of unbranched alkanes of at least 4 members (excludes halogenated alkanes) is 2. The maximum Gasteiger partial charge on any atom is 0.408 e. The van der Waals surface area contributed by atoms with Crippen molar-refractivity contribution in [1.82, 2.24) is 15.5 Å². The SMILES string of the molecule is C#CN(C(=O)CNC(=O)OC(C)(C)C)C(C(=O)NCCCCC)c1cccc(C)c1C. The molecule has 3 amide bonds. The summed E-state index contributed by atoms with van der Waals surface area (Å²) in [6.07, 6.45) is 7.78. The highest BCUT2D eigenvalue weighted by Crippen LogP contribution is 2.26. The largest absolute Gasteiger partial charge is 0.444 e. The van der Waals surface area contributed by atoms with Crippen LogP contribution in [0.15, 0.2) is 18.2 Å². The molecule has 2 N–H and O–H groups in total. The lowest BCUT2D eigenvalue weighted by Gasteiger charge is -2.28. The first kappa shape index (κ1) is 26.0. The topological polar surface area (TPSA) is 87.7 Å². The summed E-state index contributed by atoms with van der Waals surface area (Å²) in [5, 5.41) is 5.29. The minimum absolute atomic E-state index is 0.353. The fourth-order valence-electron chi connectivity index (χ4n) is 2.99. The van der Waals surface area contributed by atoms with E-state index >= 15 is 0 Å². The average molecular weight is 430 g/mol. The van der Waals surface area contributed by atoms with Crippen LogP contribution in [-0.4, -0.2) is 41.5 Å².